The lowest BCUT2D eigenvalue weighted by Gasteiger charge is -2.24. The molecule has 0 aromatic carbocycles. The second-order valence-corrected chi connectivity index (χ2v) is 15.9. The van der Waals surface area contributed by atoms with Gasteiger partial charge in [-0.25, -0.2) is 0 Å². The fraction of sp³-hybridized carbons (Fsp3) is 0.796. The van der Waals surface area contributed by atoms with Crippen molar-refractivity contribution in [2.45, 2.75) is 244 Å². The molecule has 0 heterocycles. The minimum absolute atomic E-state index is 0.0679. The van der Waals surface area contributed by atoms with E-state index >= 15 is 0 Å². The van der Waals surface area contributed by atoms with E-state index in [2.05, 4.69) is 74.7 Å². The standard InChI is InChI=1S/C49H89NO5/c1-4-7-10-13-16-18-20-21-22-23-24-25-26-28-30-33-36-39-42-49(54)55-45(40-37-34-31-15-12-9-6-3)43-48(53)50-46(44-51)47(52)41-38-35-32-29-27-19-17-14-11-8-5-2/h16,18,20-25,45-47,51-52H,4-15,17,19,26-44H2,1-3H3,(H,50,53)/b18-16+,21-20+,23-22+,25-24+. The van der Waals surface area contributed by atoms with Crippen LogP contribution in [0.4, 0.5) is 0 Å². The topological polar surface area (TPSA) is 95.9 Å². The Balaban J connectivity index is 4.46. The first-order chi connectivity index (χ1) is 27.0. The summed E-state index contributed by atoms with van der Waals surface area (Å²) in [5, 5.41) is 23.6. The van der Waals surface area contributed by atoms with Crippen molar-refractivity contribution in [2.75, 3.05) is 6.61 Å². The Morgan fingerprint density at radius 1 is 0.527 bits per heavy atom. The Morgan fingerprint density at radius 3 is 1.44 bits per heavy atom. The predicted octanol–water partition coefficient (Wildman–Crippen LogP) is 13.5. The highest BCUT2D eigenvalue weighted by Crippen LogP contribution is 2.17. The number of nitrogens with one attached hydrogen (secondary N) is 1. The second-order valence-electron chi connectivity index (χ2n) is 15.9. The van der Waals surface area contributed by atoms with E-state index < -0.39 is 18.2 Å². The lowest BCUT2D eigenvalue weighted by molar-refractivity contribution is -0.151. The van der Waals surface area contributed by atoms with Gasteiger partial charge in [-0.1, -0.05) is 211 Å². The fourth-order valence-electron chi connectivity index (χ4n) is 6.91. The summed E-state index contributed by atoms with van der Waals surface area (Å²) in [5.41, 5.74) is 0. The third-order valence-corrected chi connectivity index (χ3v) is 10.5. The average molecular weight is 772 g/mol. The molecule has 3 N–H and O–H groups in total. The van der Waals surface area contributed by atoms with Gasteiger partial charge >= 0.3 is 5.97 Å². The van der Waals surface area contributed by atoms with Crippen molar-refractivity contribution in [3.05, 3.63) is 48.6 Å². The molecule has 3 unspecified atom stereocenters. The summed E-state index contributed by atoms with van der Waals surface area (Å²) in [4.78, 5) is 25.9. The molecular formula is C49H89NO5. The van der Waals surface area contributed by atoms with Gasteiger partial charge in [-0.15, -0.1) is 0 Å². The molecule has 6 nitrogen and oxygen atoms in total. The Hall–Kier alpha value is -2.18. The maximum Gasteiger partial charge on any atom is 0.306 e. The molecule has 0 rings (SSSR count). The van der Waals surface area contributed by atoms with Crippen molar-refractivity contribution in [3.63, 3.8) is 0 Å². The largest absolute Gasteiger partial charge is 0.462 e. The van der Waals surface area contributed by atoms with Crippen LogP contribution in [0.2, 0.25) is 0 Å². The first-order valence-electron chi connectivity index (χ1n) is 23.4. The van der Waals surface area contributed by atoms with Crippen molar-refractivity contribution in [1.82, 2.24) is 5.32 Å². The SMILES string of the molecule is CCCCC/C=C/C=C/C=C/C=C/CCCCCCCC(=O)OC(CCCCCCCCC)CC(=O)NC(CO)C(O)CCCCCCCCCCCCC. The number of aliphatic hydroxyl groups excluding tert-OH is 2. The maximum absolute atomic E-state index is 13.1. The Morgan fingerprint density at radius 2 is 0.927 bits per heavy atom. The normalized spacial score (nSPS) is 13.8. The van der Waals surface area contributed by atoms with Crippen molar-refractivity contribution in [2.24, 2.45) is 0 Å². The molecule has 6 heteroatoms. The number of unbranched alkanes of at least 4 members (excludes halogenated alkanes) is 24. The zero-order chi connectivity index (χ0) is 40.3. The van der Waals surface area contributed by atoms with Crippen LogP contribution in [0, 0.1) is 0 Å². The van der Waals surface area contributed by atoms with Gasteiger partial charge in [0.25, 0.3) is 0 Å². The minimum atomic E-state index is -0.788. The average Bonchev–Trinajstić information content (AvgIpc) is 3.18. The van der Waals surface area contributed by atoms with Crippen LogP contribution in [0.1, 0.15) is 226 Å². The molecule has 3 atom stereocenters. The Bertz CT molecular complexity index is 957. The van der Waals surface area contributed by atoms with E-state index in [-0.39, 0.29) is 24.9 Å². The van der Waals surface area contributed by atoms with Gasteiger partial charge in [0.15, 0.2) is 0 Å². The molecular weight excluding hydrogens is 683 g/mol. The molecule has 1 amide bonds. The molecule has 0 aliphatic carbocycles. The van der Waals surface area contributed by atoms with Gasteiger partial charge in [-0.3, -0.25) is 9.59 Å². The highest BCUT2D eigenvalue weighted by molar-refractivity contribution is 5.77. The van der Waals surface area contributed by atoms with Gasteiger partial charge in [-0.2, -0.15) is 0 Å². The van der Waals surface area contributed by atoms with E-state index in [1.54, 1.807) is 0 Å². The predicted molar refractivity (Wildman–Crippen MR) is 236 cm³/mol. The van der Waals surface area contributed by atoms with Crippen LogP contribution >= 0.6 is 0 Å². The number of hydrogen-bond donors (Lipinski definition) is 3. The lowest BCUT2D eigenvalue weighted by Crippen LogP contribution is -2.46. The number of rotatable bonds is 41. The molecule has 55 heavy (non-hydrogen) atoms. The highest BCUT2D eigenvalue weighted by atomic mass is 16.5. The zero-order valence-electron chi connectivity index (χ0n) is 36.3. The number of esters is 1. The summed E-state index contributed by atoms with van der Waals surface area (Å²) >= 11 is 0. The molecule has 0 aromatic heterocycles. The monoisotopic (exact) mass is 772 g/mol. The lowest BCUT2D eigenvalue weighted by atomic mass is 10.0. The smallest absolute Gasteiger partial charge is 0.306 e. The van der Waals surface area contributed by atoms with E-state index in [1.807, 2.05) is 0 Å². The molecule has 0 spiro atoms. The molecule has 0 saturated carbocycles. The molecule has 0 fully saturated rings. The first kappa shape index (κ1) is 52.8. The summed E-state index contributed by atoms with van der Waals surface area (Å²) in [7, 11) is 0. The Kier molecular flexibility index (Phi) is 41.2. The molecule has 0 radical (unpaired) electrons. The molecule has 0 aromatic rings. The minimum Gasteiger partial charge on any atom is -0.462 e. The number of amides is 1. The summed E-state index contributed by atoms with van der Waals surface area (Å²) in [6.07, 6.45) is 50.3. The van der Waals surface area contributed by atoms with E-state index in [4.69, 9.17) is 4.74 Å². The Labute approximate surface area is 340 Å². The highest BCUT2D eigenvalue weighted by Gasteiger charge is 2.24. The molecule has 0 aliphatic heterocycles. The molecule has 0 saturated heterocycles. The number of hydrogen-bond acceptors (Lipinski definition) is 5. The molecule has 0 bridgehead atoms. The van der Waals surface area contributed by atoms with E-state index in [9.17, 15) is 19.8 Å². The van der Waals surface area contributed by atoms with E-state index in [0.717, 1.165) is 83.5 Å². The maximum atomic E-state index is 13.1. The third-order valence-electron chi connectivity index (χ3n) is 10.5. The van der Waals surface area contributed by atoms with Crippen molar-refractivity contribution in [3.8, 4) is 0 Å². The van der Waals surface area contributed by atoms with E-state index in [1.165, 1.54) is 96.3 Å². The van der Waals surface area contributed by atoms with Crippen LogP contribution in [0.5, 0.6) is 0 Å². The van der Waals surface area contributed by atoms with Crippen LogP contribution in [0.15, 0.2) is 48.6 Å². The summed E-state index contributed by atoms with van der Waals surface area (Å²) in [5.74, 6) is -0.504. The zero-order valence-corrected chi connectivity index (χ0v) is 36.3. The number of ether oxygens (including phenoxy) is 1. The summed E-state index contributed by atoms with van der Waals surface area (Å²) in [6, 6.07) is -0.702. The number of allylic oxidation sites excluding steroid dienone is 8. The van der Waals surface area contributed by atoms with Gasteiger partial charge in [0.1, 0.15) is 6.10 Å². The quantitative estimate of drug-likeness (QED) is 0.0327. The van der Waals surface area contributed by atoms with Crippen molar-refractivity contribution < 1.29 is 24.5 Å². The fourth-order valence-corrected chi connectivity index (χ4v) is 6.91. The van der Waals surface area contributed by atoms with Gasteiger partial charge in [-0.05, 0) is 51.4 Å². The van der Waals surface area contributed by atoms with Crippen molar-refractivity contribution >= 4 is 11.9 Å². The van der Waals surface area contributed by atoms with Crippen LogP contribution in [0.3, 0.4) is 0 Å². The number of aliphatic hydroxyl groups is 2. The molecule has 320 valence electrons. The van der Waals surface area contributed by atoms with Gasteiger partial charge in [0, 0.05) is 6.42 Å². The van der Waals surface area contributed by atoms with Crippen molar-refractivity contribution in [1.29, 1.82) is 0 Å². The van der Waals surface area contributed by atoms with Gasteiger partial charge < -0.3 is 20.3 Å². The number of carbonyl (C=O) groups is 2. The summed E-state index contributed by atoms with van der Waals surface area (Å²) < 4.78 is 5.87. The second kappa shape index (κ2) is 43.0. The van der Waals surface area contributed by atoms with Gasteiger partial charge in [0.05, 0.1) is 25.2 Å². The van der Waals surface area contributed by atoms with Crippen LogP contribution in [0.25, 0.3) is 0 Å². The molecule has 0 aliphatic rings. The summed E-state index contributed by atoms with van der Waals surface area (Å²) in [6.45, 7) is 6.39. The first-order valence-corrected chi connectivity index (χ1v) is 23.4. The van der Waals surface area contributed by atoms with Crippen LogP contribution in [-0.2, 0) is 14.3 Å². The van der Waals surface area contributed by atoms with E-state index in [0.29, 0.717) is 19.3 Å². The third kappa shape index (κ3) is 38.5. The van der Waals surface area contributed by atoms with Crippen LogP contribution in [-0.4, -0.2) is 46.9 Å². The van der Waals surface area contributed by atoms with Gasteiger partial charge in [0.2, 0.25) is 5.91 Å². The number of carbonyl (C=O) groups excluding carboxylic acids is 2. The van der Waals surface area contributed by atoms with Crippen LogP contribution < -0.4 is 5.32 Å².